The number of nitrogens with zero attached hydrogens (tertiary/aromatic N) is 1. The van der Waals surface area contributed by atoms with Crippen LogP contribution < -0.4 is 5.32 Å². The number of aryl methyl sites for hydroxylation is 1. The topological polar surface area (TPSA) is 54.3 Å². The van der Waals surface area contributed by atoms with E-state index in [4.69, 9.17) is 16.7 Å². The molecule has 0 unspecified atom stereocenters. The number of rotatable bonds is 3. The van der Waals surface area contributed by atoms with Crippen LogP contribution in [0.1, 0.15) is 21.6 Å². The third-order valence-corrected chi connectivity index (χ3v) is 3.13. The summed E-state index contributed by atoms with van der Waals surface area (Å²) in [5.41, 5.74) is 2.32. The van der Waals surface area contributed by atoms with Crippen LogP contribution >= 0.6 is 11.6 Å². The molecule has 0 aliphatic rings. The molecule has 5 heteroatoms. The number of aromatic nitrogens is 1. The molecule has 1 heterocycles. The predicted octanol–water partition coefficient (Wildman–Crippen LogP) is 1.95. The van der Waals surface area contributed by atoms with Gasteiger partial charge in [-0.25, -0.2) is 0 Å². The Morgan fingerprint density at radius 1 is 1.38 bits per heavy atom. The molecule has 4 nitrogen and oxygen atoms in total. The highest BCUT2D eigenvalue weighted by molar-refractivity contribution is 6.31. The number of nitrogens with one attached hydrogen (secondary N) is 1. The molecule has 1 aromatic heterocycles. The van der Waals surface area contributed by atoms with Crippen LogP contribution in [0, 0.1) is 11.8 Å². The predicted molar refractivity (Wildman–Crippen MR) is 82.0 cm³/mol. The Labute approximate surface area is 128 Å². The second kappa shape index (κ2) is 6.98. The number of benzene rings is 1. The molecule has 0 spiro atoms. The number of carbonyl (C=O) groups excluding carboxylic acids is 1. The lowest BCUT2D eigenvalue weighted by molar-refractivity contribution is 0.0943. The Bertz CT molecular complexity index is 693. The van der Waals surface area contributed by atoms with Crippen LogP contribution in [0.15, 0.2) is 36.5 Å². The van der Waals surface area contributed by atoms with Gasteiger partial charge in [-0.05, 0) is 23.8 Å². The van der Waals surface area contributed by atoms with Crippen molar-refractivity contribution in [3.63, 3.8) is 0 Å². The van der Waals surface area contributed by atoms with Gasteiger partial charge in [-0.15, -0.1) is 0 Å². The maximum Gasteiger partial charge on any atom is 0.268 e. The number of hydrogen-bond acceptors (Lipinski definition) is 2. The van der Waals surface area contributed by atoms with Crippen molar-refractivity contribution in [1.82, 2.24) is 9.88 Å². The summed E-state index contributed by atoms with van der Waals surface area (Å²) in [4.78, 5) is 12.0. The van der Waals surface area contributed by atoms with E-state index in [9.17, 15) is 4.79 Å². The molecule has 1 amide bonds. The Morgan fingerprint density at radius 3 is 2.67 bits per heavy atom. The van der Waals surface area contributed by atoms with Gasteiger partial charge in [0.2, 0.25) is 0 Å². The van der Waals surface area contributed by atoms with Gasteiger partial charge in [0.05, 0.1) is 5.02 Å². The molecule has 0 radical (unpaired) electrons. The molecule has 2 aromatic rings. The van der Waals surface area contributed by atoms with Crippen molar-refractivity contribution in [2.75, 3.05) is 6.61 Å². The van der Waals surface area contributed by atoms with Crippen LogP contribution in [0.5, 0.6) is 0 Å². The van der Waals surface area contributed by atoms with E-state index in [2.05, 4.69) is 17.2 Å². The number of hydrogen-bond donors (Lipinski definition) is 2. The fourth-order valence-corrected chi connectivity index (χ4v) is 2.12. The largest absolute Gasteiger partial charge is 0.384 e. The number of aliphatic hydroxyl groups is 1. The van der Waals surface area contributed by atoms with E-state index in [0.29, 0.717) is 17.3 Å². The van der Waals surface area contributed by atoms with Crippen LogP contribution in [-0.2, 0) is 13.6 Å². The molecule has 0 saturated carbocycles. The third-order valence-electron chi connectivity index (χ3n) is 2.92. The van der Waals surface area contributed by atoms with Crippen molar-refractivity contribution in [3.8, 4) is 11.8 Å². The first kappa shape index (κ1) is 15.2. The molecule has 21 heavy (non-hydrogen) atoms. The zero-order valence-electron chi connectivity index (χ0n) is 11.6. The highest BCUT2D eigenvalue weighted by Gasteiger charge is 2.10. The number of aliphatic hydroxyl groups excluding tert-OH is 1. The summed E-state index contributed by atoms with van der Waals surface area (Å²) >= 11 is 5.85. The van der Waals surface area contributed by atoms with Gasteiger partial charge in [0.15, 0.2) is 0 Å². The standard InChI is InChI=1S/C16H15ClN2O2/c1-19-11-14(17)9-15(19)16(21)18-10-13-6-4-12(5-7-13)3-2-8-20/h4-7,9,11,20H,8,10H2,1H3,(H,18,21). The minimum atomic E-state index is -0.173. The van der Waals surface area contributed by atoms with Gasteiger partial charge in [0.25, 0.3) is 5.91 Å². The van der Waals surface area contributed by atoms with E-state index in [-0.39, 0.29) is 12.5 Å². The van der Waals surface area contributed by atoms with Gasteiger partial charge in [-0.2, -0.15) is 0 Å². The molecule has 0 fully saturated rings. The highest BCUT2D eigenvalue weighted by atomic mass is 35.5. The molecule has 1 aromatic carbocycles. The molecule has 0 bridgehead atoms. The van der Waals surface area contributed by atoms with Crippen LogP contribution in [0.2, 0.25) is 5.02 Å². The summed E-state index contributed by atoms with van der Waals surface area (Å²) in [6, 6.07) is 9.11. The number of carbonyl (C=O) groups is 1. The monoisotopic (exact) mass is 302 g/mol. The second-order valence-electron chi connectivity index (χ2n) is 4.49. The van der Waals surface area contributed by atoms with Crippen molar-refractivity contribution in [3.05, 3.63) is 58.4 Å². The van der Waals surface area contributed by atoms with Gasteiger partial charge in [-0.3, -0.25) is 4.79 Å². The van der Waals surface area contributed by atoms with Gasteiger partial charge >= 0.3 is 0 Å². The summed E-state index contributed by atoms with van der Waals surface area (Å²) in [6.45, 7) is 0.270. The minimum Gasteiger partial charge on any atom is -0.384 e. The molecule has 108 valence electrons. The summed E-state index contributed by atoms with van der Waals surface area (Å²) in [7, 11) is 1.77. The maximum atomic E-state index is 12.0. The van der Waals surface area contributed by atoms with E-state index < -0.39 is 0 Å². The molecule has 0 atom stereocenters. The number of halogens is 1. The average Bonchev–Trinajstić information content (AvgIpc) is 2.82. The Balaban J connectivity index is 1.96. The van der Waals surface area contributed by atoms with Crippen LogP contribution in [-0.4, -0.2) is 22.2 Å². The lowest BCUT2D eigenvalue weighted by atomic mass is 10.1. The first-order valence-corrected chi connectivity index (χ1v) is 6.76. The third kappa shape index (κ3) is 4.12. The van der Waals surface area contributed by atoms with E-state index in [1.54, 1.807) is 23.9 Å². The normalized spacial score (nSPS) is 9.86. The zero-order chi connectivity index (χ0) is 15.2. The SMILES string of the molecule is Cn1cc(Cl)cc1C(=O)NCc1ccc(C#CCO)cc1. The van der Waals surface area contributed by atoms with E-state index in [1.807, 2.05) is 24.3 Å². The summed E-state index contributed by atoms with van der Waals surface area (Å²) in [5, 5.41) is 12.0. The summed E-state index contributed by atoms with van der Waals surface area (Å²) < 4.78 is 1.69. The van der Waals surface area contributed by atoms with Gasteiger partial charge in [0.1, 0.15) is 12.3 Å². The molecular formula is C16H15ClN2O2. The second-order valence-corrected chi connectivity index (χ2v) is 4.93. The zero-order valence-corrected chi connectivity index (χ0v) is 12.3. The van der Waals surface area contributed by atoms with Crippen LogP contribution in [0.25, 0.3) is 0 Å². The lowest BCUT2D eigenvalue weighted by Crippen LogP contribution is -2.24. The molecule has 0 aliphatic carbocycles. The first-order valence-electron chi connectivity index (χ1n) is 6.39. The van der Waals surface area contributed by atoms with Crippen molar-refractivity contribution in [1.29, 1.82) is 0 Å². The van der Waals surface area contributed by atoms with Crippen LogP contribution in [0.4, 0.5) is 0 Å². The average molecular weight is 303 g/mol. The van der Waals surface area contributed by atoms with Crippen molar-refractivity contribution >= 4 is 17.5 Å². The Hall–Kier alpha value is -2.22. The lowest BCUT2D eigenvalue weighted by Gasteiger charge is -2.06. The van der Waals surface area contributed by atoms with Gasteiger partial charge < -0.3 is 15.0 Å². The summed E-state index contributed by atoms with van der Waals surface area (Å²) in [5.74, 6) is 5.23. The van der Waals surface area contributed by atoms with Gasteiger partial charge in [-0.1, -0.05) is 35.6 Å². The summed E-state index contributed by atoms with van der Waals surface area (Å²) in [6.07, 6.45) is 1.69. The first-order chi connectivity index (χ1) is 10.1. The van der Waals surface area contributed by atoms with E-state index >= 15 is 0 Å². The quantitative estimate of drug-likeness (QED) is 0.852. The van der Waals surface area contributed by atoms with E-state index in [0.717, 1.165) is 11.1 Å². The highest BCUT2D eigenvalue weighted by Crippen LogP contribution is 2.12. The van der Waals surface area contributed by atoms with E-state index in [1.165, 1.54) is 0 Å². The Kier molecular flexibility index (Phi) is 5.04. The van der Waals surface area contributed by atoms with Crippen molar-refractivity contribution in [2.24, 2.45) is 7.05 Å². The minimum absolute atomic E-state index is 0.156. The molecule has 0 aliphatic heterocycles. The molecule has 2 rings (SSSR count). The Morgan fingerprint density at radius 2 is 2.10 bits per heavy atom. The van der Waals surface area contributed by atoms with Crippen LogP contribution in [0.3, 0.4) is 0 Å². The smallest absolute Gasteiger partial charge is 0.268 e. The number of amides is 1. The molecular weight excluding hydrogens is 288 g/mol. The molecule has 0 saturated heterocycles. The van der Waals surface area contributed by atoms with Crippen molar-refractivity contribution in [2.45, 2.75) is 6.54 Å². The van der Waals surface area contributed by atoms with Gasteiger partial charge in [0, 0.05) is 25.4 Å². The molecule has 2 N–H and O–H groups in total. The fourth-order valence-electron chi connectivity index (χ4n) is 1.87. The fraction of sp³-hybridized carbons (Fsp3) is 0.188. The van der Waals surface area contributed by atoms with Crippen molar-refractivity contribution < 1.29 is 9.90 Å². The maximum absolute atomic E-state index is 12.0.